The molecule has 0 spiro atoms. The van der Waals surface area contributed by atoms with Crippen LogP contribution in [0.3, 0.4) is 0 Å². The number of carbonyl (C=O) groups is 2. The predicted molar refractivity (Wildman–Crippen MR) is 175 cm³/mol. The van der Waals surface area contributed by atoms with E-state index in [1.54, 1.807) is 0 Å². The van der Waals surface area contributed by atoms with Crippen LogP contribution in [0.25, 0.3) is 0 Å². The Labute approximate surface area is 263 Å². The highest BCUT2D eigenvalue weighted by molar-refractivity contribution is 7.46. The van der Waals surface area contributed by atoms with Gasteiger partial charge in [-0.15, -0.1) is 0 Å². The third-order valence-electron chi connectivity index (χ3n) is 7.53. The van der Waals surface area contributed by atoms with Gasteiger partial charge in [-0.3, -0.25) is 14.1 Å². The molecule has 8 nitrogen and oxygen atoms in total. The maximum atomic E-state index is 12.3. The number of unbranched alkanes of at least 4 members (excludes halogenated alkanes) is 20. The Hall–Kier alpha value is -1.21. The van der Waals surface area contributed by atoms with Gasteiger partial charge in [-0.05, 0) is 38.5 Å². The van der Waals surface area contributed by atoms with Gasteiger partial charge >= 0.3 is 19.8 Å². The molecular formula is C34H65O8P. The van der Waals surface area contributed by atoms with E-state index in [9.17, 15) is 14.2 Å². The summed E-state index contributed by atoms with van der Waals surface area (Å²) in [5.74, 6) is -0.908. The summed E-state index contributed by atoms with van der Waals surface area (Å²) in [6, 6.07) is 0. The fourth-order valence-electron chi connectivity index (χ4n) is 4.90. The van der Waals surface area contributed by atoms with Crippen LogP contribution in [0.2, 0.25) is 0 Å². The summed E-state index contributed by atoms with van der Waals surface area (Å²) in [5.41, 5.74) is 0. The molecule has 0 rings (SSSR count). The number of ether oxygens (including phenoxy) is 2. The number of carbonyl (C=O) groups excluding carboxylic acids is 2. The molecule has 0 aliphatic heterocycles. The van der Waals surface area contributed by atoms with E-state index in [0.717, 1.165) is 38.5 Å². The van der Waals surface area contributed by atoms with Crippen molar-refractivity contribution in [3.8, 4) is 0 Å². The molecule has 0 saturated heterocycles. The zero-order valence-corrected chi connectivity index (χ0v) is 28.5. The third kappa shape index (κ3) is 33.5. The van der Waals surface area contributed by atoms with Crippen molar-refractivity contribution in [2.75, 3.05) is 13.2 Å². The summed E-state index contributed by atoms with van der Waals surface area (Å²) in [5, 5.41) is 0. The molecule has 0 amide bonds. The van der Waals surface area contributed by atoms with E-state index >= 15 is 0 Å². The zero-order valence-electron chi connectivity index (χ0n) is 27.6. The largest absolute Gasteiger partial charge is 0.469 e. The summed E-state index contributed by atoms with van der Waals surface area (Å²) in [7, 11) is -4.74. The van der Waals surface area contributed by atoms with Gasteiger partial charge in [-0.2, -0.15) is 0 Å². The van der Waals surface area contributed by atoms with Crippen molar-refractivity contribution >= 4 is 19.8 Å². The maximum Gasteiger partial charge on any atom is 0.469 e. The van der Waals surface area contributed by atoms with Crippen molar-refractivity contribution in [3.63, 3.8) is 0 Å². The zero-order chi connectivity index (χ0) is 31.9. The highest BCUT2D eigenvalue weighted by Crippen LogP contribution is 2.36. The van der Waals surface area contributed by atoms with Crippen molar-refractivity contribution in [1.82, 2.24) is 0 Å². The van der Waals surface area contributed by atoms with Gasteiger partial charge < -0.3 is 19.3 Å². The van der Waals surface area contributed by atoms with E-state index in [2.05, 4.69) is 30.5 Å². The van der Waals surface area contributed by atoms with Crippen LogP contribution in [0, 0.1) is 0 Å². The number of phosphoric acid groups is 1. The Bertz CT molecular complexity index is 721. The highest BCUT2D eigenvalue weighted by atomic mass is 31.2. The molecule has 43 heavy (non-hydrogen) atoms. The first-order chi connectivity index (χ1) is 20.8. The normalized spacial score (nSPS) is 12.6. The minimum absolute atomic E-state index is 0.186. The molecule has 0 aromatic carbocycles. The van der Waals surface area contributed by atoms with E-state index in [0.29, 0.717) is 6.42 Å². The number of rotatable bonds is 32. The Kier molecular flexibility index (Phi) is 29.9. The first-order valence-corrected chi connectivity index (χ1v) is 19.0. The molecule has 9 heteroatoms. The van der Waals surface area contributed by atoms with Crippen LogP contribution in [-0.4, -0.2) is 41.0 Å². The second-order valence-electron chi connectivity index (χ2n) is 11.8. The number of phosphoric ester groups is 1. The molecule has 0 aromatic heterocycles. The summed E-state index contributed by atoms with van der Waals surface area (Å²) < 4.78 is 26.2. The van der Waals surface area contributed by atoms with Gasteiger partial charge in [0.15, 0.2) is 6.10 Å². The van der Waals surface area contributed by atoms with Crippen molar-refractivity contribution in [3.05, 3.63) is 12.2 Å². The van der Waals surface area contributed by atoms with Gasteiger partial charge in [0, 0.05) is 12.8 Å². The van der Waals surface area contributed by atoms with Crippen LogP contribution in [0.5, 0.6) is 0 Å². The van der Waals surface area contributed by atoms with E-state index in [1.807, 2.05) is 0 Å². The van der Waals surface area contributed by atoms with Crippen molar-refractivity contribution < 1.29 is 37.9 Å². The molecule has 2 N–H and O–H groups in total. The van der Waals surface area contributed by atoms with E-state index < -0.39 is 32.5 Å². The molecular weight excluding hydrogens is 567 g/mol. The molecule has 0 saturated carbocycles. The molecule has 0 radical (unpaired) electrons. The molecule has 0 bridgehead atoms. The lowest BCUT2D eigenvalue weighted by Gasteiger charge is -2.18. The van der Waals surface area contributed by atoms with Gasteiger partial charge in [0.05, 0.1) is 6.61 Å². The van der Waals surface area contributed by atoms with Crippen LogP contribution in [0.1, 0.15) is 174 Å². The Morgan fingerprint density at radius 1 is 0.581 bits per heavy atom. The lowest BCUT2D eigenvalue weighted by atomic mass is 10.1. The molecule has 0 unspecified atom stereocenters. The summed E-state index contributed by atoms with van der Waals surface area (Å²) in [4.78, 5) is 42.5. The average Bonchev–Trinajstić information content (AvgIpc) is 2.97. The van der Waals surface area contributed by atoms with Gasteiger partial charge in [0.1, 0.15) is 6.61 Å². The second kappa shape index (κ2) is 30.8. The first kappa shape index (κ1) is 41.8. The smallest absolute Gasteiger partial charge is 0.462 e. The van der Waals surface area contributed by atoms with Crippen LogP contribution >= 0.6 is 7.82 Å². The van der Waals surface area contributed by atoms with Crippen LogP contribution < -0.4 is 0 Å². The van der Waals surface area contributed by atoms with E-state index in [4.69, 9.17) is 19.3 Å². The van der Waals surface area contributed by atoms with Gasteiger partial charge in [0.2, 0.25) is 0 Å². The van der Waals surface area contributed by atoms with Crippen LogP contribution in [0.15, 0.2) is 12.2 Å². The highest BCUT2D eigenvalue weighted by Gasteiger charge is 2.22. The quantitative estimate of drug-likeness (QED) is 0.0325. The SMILES string of the molecule is CCCCCCCCCCC/C=C/CCCCC(=O)O[C@H](COC(=O)CCCCCCCCCCCC)COP(=O)(O)O. The van der Waals surface area contributed by atoms with E-state index in [-0.39, 0.29) is 19.4 Å². The first-order valence-electron chi connectivity index (χ1n) is 17.5. The van der Waals surface area contributed by atoms with Crippen LogP contribution in [-0.2, 0) is 28.2 Å². The Balaban J connectivity index is 4.01. The molecule has 0 aromatic rings. The van der Waals surface area contributed by atoms with Crippen molar-refractivity contribution in [1.29, 1.82) is 0 Å². The third-order valence-corrected chi connectivity index (χ3v) is 8.02. The van der Waals surface area contributed by atoms with Gasteiger partial charge in [0.25, 0.3) is 0 Å². The molecule has 254 valence electrons. The van der Waals surface area contributed by atoms with Crippen LogP contribution in [0.4, 0.5) is 0 Å². The number of allylic oxidation sites excluding steroid dienone is 2. The fourth-order valence-corrected chi connectivity index (χ4v) is 5.26. The molecule has 1 atom stereocenters. The molecule has 0 aliphatic carbocycles. The topological polar surface area (TPSA) is 119 Å². The lowest BCUT2D eigenvalue weighted by molar-refractivity contribution is -0.161. The minimum atomic E-state index is -4.74. The van der Waals surface area contributed by atoms with E-state index in [1.165, 1.54) is 103 Å². The summed E-state index contributed by atoms with van der Waals surface area (Å²) >= 11 is 0. The van der Waals surface area contributed by atoms with Crippen molar-refractivity contribution in [2.24, 2.45) is 0 Å². The average molecular weight is 633 g/mol. The molecule has 0 fully saturated rings. The maximum absolute atomic E-state index is 12.3. The van der Waals surface area contributed by atoms with Crippen molar-refractivity contribution in [2.45, 2.75) is 180 Å². The molecule has 0 heterocycles. The monoisotopic (exact) mass is 632 g/mol. The number of hydrogen-bond acceptors (Lipinski definition) is 6. The lowest BCUT2D eigenvalue weighted by Crippen LogP contribution is -2.29. The van der Waals surface area contributed by atoms with Gasteiger partial charge in [-0.25, -0.2) is 4.57 Å². The molecule has 0 aliphatic rings. The number of esters is 2. The second-order valence-corrected chi connectivity index (χ2v) is 13.1. The standard InChI is InChI=1S/C34H65O8P/c1-3-5-7-9-11-13-15-16-17-18-19-21-23-25-27-29-34(36)42-32(31-41-43(37,38)39)30-40-33(35)28-26-24-22-20-14-12-10-8-6-4-2/h19,21,32H,3-18,20,22-31H2,1-2H3,(H2,37,38,39)/b21-19+/t32-/m1/s1. The summed E-state index contributed by atoms with van der Waals surface area (Å²) in [6.45, 7) is 3.64. The number of hydrogen-bond donors (Lipinski definition) is 2. The summed E-state index contributed by atoms with van der Waals surface area (Å²) in [6.07, 6.45) is 30.8. The van der Waals surface area contributed by atoms with Gasteiger partial charge in [-0.1, -0.05) is 135 Å². The fraction of sp³-hybridized carbons (Fsp3) is 0.882. The predicted octanol–water partition coefficient (Wildman–Crippen LogP) is 9.90. The minimum Gasteiger partial charge on any atom is -0.462 e. The Morgan fingerprint density at radius 3 is 1.47 bits per heavy atom. The Morgan fingerprint density at radius 2 is 0.977 bits per heavy atom.